The Kier molecular flexibility index (Phi) is 41.9. The van der Waals surface area contributed by atoms with Gasteiger partial charge in [0.25, 0.3) is 0 Å². The summed E-state index contributed by atoms with van der Waals surface area (Å²) in [4.78, 5) is 120. The van der Waals surface area contributed by atoms with E-state index in [9.17, 15) is 43.2 Å². The lowest BCUT2D eigenvalue weighted by Gasteiger charge is -2.26. The SMILES string of the molecule is CC(=O)CC[C@@H](NC(=O)NC[C@H](CCCCN)NC(=O)NC[C@@H](C)Cc1c[nH]c2ccccc12)C(C)C.CNC(=O)NC[C@H](CCCCN)NC(=O)NC[C@@H](NC(=O)NC[C@H](Cc1c[nH]c2ccccc12)NC(=O)NC[C@H](CCCCN)NC(=O)NC[C@@H](NC(=O)NC(C)C)C(C)C)C(C)C. The number of nitrogens with one attached hydrogen (secondary N) is 18. The van der Waals surface area contributed by atoms with E-state index in [1.165, 1.54) is 18.0 Å². The zero-order valence-electron chi connectivity index (χ0n) is 61.9. The lowest BCUT2D eigenvalue weighted by atomic mass is 9.98. The molecule has 0 aliphatic heterocycles. The zero-order valence-corrected chi connectivity index (χ0v) is 61.9. The summed E-state index contributed by atoms with van der Waals surface area (Å²) in [5, 5.41) is 48.3. The number of Topliss-reactive ketones (excluding diaryl/α,β-unsaturated/α-hetero) is 1. The Morgan fingerprint density at radius 2 is 0.723 bits per heavy atom. The van der Waals surface area contributed by atoms with Crippen molar-refractivity contribution in [2.45, 2.75) is 201 Å². The topological polar surface area (TPSA) is 456 Å². The molecule has 568 valence electrons. The fraction of sp³-hybridized carbons (Fsp3) is 0.648. The first-order chi connectivity index (χ1) is 48.2. The van der Waals surface area contributed by atoms with Crippen LogP contribution in [0.2, 0.25) is 0 Å². The predicted octanol–water partition coefficient (Wildman–Crippen LogP) is 5.79. The van der Waals surface area contributed by atoms with Gasteiger partial charge < -0.3 is 117 Å². The number of aromatic nitrogens is 2. The van der Waals surface area contributed by atoms with Crippen LogP contribution in [0, 0.1) is 23.7 Å². The molecule has 0 aliphatic carbocycles. The number of aromatic amines is 2. The molecule has 0 saturated carbocycles. The fourth-order valence-electron chi connectivity index (χ4n) is 11.1. The largest absolute Gasteiger partial charge is 0.361 e. The van der Waals surface area contributed by atoms with Crippen molar-refractivity contribution >= 4 is 75.8 Å². The molecule has 4 rings (SSSR count). The average molecular weight is 1420 g/mol. The van der Waals surface area contributed by atoms with Crippen LogP contribution >= 0.6 is 0 Å². The summed E-state index contributed by atoms with van der Waals surface area (Å²) in [6, 6.07) is 10.6. The molecule has 0 fully saturated rings. The number of carbonyl (C=O) groups excluding carboxylic acids is 9. The zero-order chi connectivity index (χ0) is 74.7. The number of unbranched alkanes of at least 4 members (excludes halogenated alkanes) is 3. The molecule has 0 spiro atoms. The Morgan fingerprint density at radius 3 is 1.12 bits per heavy atom. The minimum atomic E-state index is -0.550. The number of carbonyl (C=O) groups is 9. The second kappa shape index (κ2) is 48.9. The van der Waals surface area contributed by atoms with Crippen LogP contribution in [-0.4, -0.2) is 185 Å². The first kappa shape index (κ1) is 86.5. The van der Waals surface area contributed by atoms with Crippen LogP contribution in [0.25, 0.3) is 21.8 Å². The molecule has 2 aromatic heterocycles. The molecule has 4 aromatic rings. The van der Waals surface area contributed by atoms with Gasteiger partial charge in [0.1, 0.15) is 5.78 Å². The van der Waals surface area contributed by atoms with E-state index in [0.717, 1.165) is 66.9 Å². The van der Waals surface area contributed by atoms with Gasteiger partial charge in [-0.05, 0) is 145 Å². The summed E-state index contributed by atoms with van der Waals surface area (Å²) in [7, 11) is 1.51. The van der Waals surface area contributed by atoms with Crippen molar-refractivity contribution in [1.29, 1.82) is 0 Å². The molecular formula is C71H125N21O9. The van der Waals surface area contributed by atoms with E-state index in [2.05, 4.69) is 114 Å². The molecule has 0 unspecified atom stereocenters. The Morgan fingerprint density at radius 1 is 0.376 bits per heavy atom. The number of amides is 16. The Bertz CT molecular complexity index is 3090. The maximum Gasteiger partial charge on any atom is 0.315 e. The van der Waals surface area contributed by atoms with Crippen molar-refractivity contribution < 1.29 is 43.2 Å². The van der Waals surface area contributed by atoms with Crippen LogP contribution in [0.4, 0.5) is 38.4 Å². The van der Waals surface area contributed by atoms with E-state index in [4.69, 9.17) is 17.2 Å². The highest BCUT2D eigenvalue weighted by molar-refractivity contribution is 5.85. The van der Waals surface area contributed by atoms with E-state index < -0.39 is 42.2 Å². The van der Waals surface area contributed by atoms with Gasteiger partial charge in [0.05, 0.1) is 18.1 Å². The van der Waals surface area contributed by atoms with E-state index >= 15 is 0 Å². The number of ketones is 1. The van der Waals surface area contributed by atoms with E-state index in [1.807, 2.05) is 104 Å². The Balaban J connectivity index is 0.000000605. The minimum absolute atomic E-state index is 0.0370. The highest BCUT2D eigenvalue weighted by Crippen LogP contribution is 2.22. The number of hydrogen-bond donors (Lipinski definition) is 21. The highest BCUT2D eigenvalue weighted by Gasteiger charge is 2.25. The number of urea groups is 8. The summed E-state index contributed by atoms with van der Waals surface area (Å²) in [5.74, 6) is 0.577. The first-order valence-electron chi connectivity index (χ1n) is 36.2. The van der Waals surface area contributed by atoms with Gasteiger partial charge in [0, 0.05) is 124 Å². The Hall–Kier alpha value is -8.77. The molecule has 2 heterocycles. The van der Waals surface area contributed by atoms with Crippen molar-refractivity contribution in [3.05, 3.63) is 72.1 Å². The summed E-state index contributed by atoms with van der Waals surface area (Å²) >= 11 is 0. The van der Waals surface area contributed by atoms with Crippen LogP contribution in [0.3, 0.4) is 0 Å². The van der Waals surface area contributed by atoms with Gasteiger partial charge in [-0.25, -0.2) is 38.4 Å². The van der Waals surface area contributed by atoms with Gasteiger partial charge in [-0.3, -0.25) is 0 Å². The molecule has 2 aromatic carbocycles. The summed E-state index contributed by atoms with van der Waals surface area (Å²) < 4.78 is 0. The molecule has 16 amide bonds. The lowest BCUT2D eigenvalue weighted by Crippen LogP contribution is -2.56. The minimum Gasteiger partial charge on any atom is -0.361 e. The van der Waals surface area contributed by atoms with Crippen molar-refractivity contribution in [3.8, 4) is 0 Å². The molecule has 0 bridgehead atoms. The smallest absolute Gasteiger partial charge is 0.315 e. The summed E-state index contributed by atoms with van der Waals surface area (Å²) in [5.41, 5.74) is 21.3. The van der Waals surface area contributed by atoms with Gasteiger partial charge in [0.15, 0.2) is 0 Å². The van der Waals surface area contributed by atoms with Crippen LogP contribution in [0.1, 0.15) is 151 Å². The number of H-pyrrole nitrogens is 2. The van der Waals surface area contributed by atoms with Gasteiger partial charge in [0.2, 0.25) is 0 Å². The van der Waals surface area contributed by atoms with Crippen molar-refractivity contribution in [3.63, 3.8) is 0 Å². The molecule has 0 saturated heterocycles. The number of hydrogen-bond acceptors (Lipinski definition) is 12. The van der Waals surface area contributed by atoms with Crippen LogP contribution in [0.5, 0.6) is 0 Å². The van der Waals surface area contributed by atoms with E-state index in [0.29, 0.717) is 71.2 Å². The number of rotatable bonds is 44. The molecule has 0 radical (unpaired) electrons. The molecule has 8 atom stereocenters. The standard InChI is InChI=1S/C43H79N15O6.C28H46N6O3/c1-27(2)36(25-51-40(61)54-31(14-10-12-18-44)22-48-38(59)46-7)57-42(63)50-24-33(20-30-21-47-35-17-9-8-16-34(30)35)56-39(60)49-23-32(15-11-13-19-45)55-41(62)52-26-37(28(3)4)58-43(64)53-29(5)6;1-19(2)25(13-12-21(4)35)34-28(37)32-18-23(9-7-8-14-29)33-27(36)31-16-20(3)15-22-17-30-26-11-6-5-10-24(22)26/h8-9,16-17,21,27-29,31-33,36-37,47H,10-15,18-20,22-26,44-45H2,1-7H3,(H2,46,48,59)(H2,49,56,60)(H2,50,57,63)(H2,51,54,61)(H2,52,55,62)(H2,53,58,64);5-6,10-11,17,19-20,23,25,30H,7-9,12-16,18,29H2,1-4H3,(H2,31,33,36)(H2,32,34,37)/t31-,32-,33-,36+,37+;20-,23-,25+/m00/s1. The first-order valence-corrected chi connectivity index (χ1v) is 36.2. The molecule has 24 N–H and O–H groups in total. The number of benzene rings is 2. The lowest BCUT2D eigenvalue weighted by molar-refractivity contribution is -0.117. The fourth-order valence-corrected chi connectivity index (χ4v) is 11.1. The third kappa shape index (κ3) is 36.9. The van der Waals surface area contributed by atoms with Crippen molar-refractivity contribution in [2.75, 3.05) is 72.5 Å². The maximum absolute atomic E-state index is 13.5. The number of fused-ring (bicyclic) bond motifs is 2. The normalized spacial score (nSPS) is 13.6. The monoisotopic (exact) mass is 1420 g/mol. The van der Waals surface area contributed by atoms with Gasteiger partial charge >= 0.3 is 48.2 Å². The average Bonchev–Trinajstić information content (AvgIpc) is 1.70. The third-order valence-corrected chi connectivity index (χ3v) is 17.2. The van der Waals surface area contributed by atoms with Gasteiger partial charge in [-0.2, -0.15) is 0 Å². The van der Waals surface area contributed by atoms with E-state index in [-0.39, 0.29) is 117 Å². The summed E-state index contributed by atoms with van der Waals surface area (Å²) in [6.45, 7) is 22.4. The molecule has 30 heteroatoms. The number of para-hydroxylation sites is 2. The van der Waals surface area contributed by atoms with Crippen molar-refractivity contribution in [2.24, 2.45) is 40.9 Å². The molecule has 0 aliphatic rings. The quantitative estimate of drug-likeness (QED) is 0.0234. The van der Waals surface area contributed by atoms with Crippen LogP contribution in [-0.2, 0) is 17.6 Å². The van der Waals surface area contributed by atoms with Gasteiger partial charge in [-0.15, -0.1) is 0 Å². The molecule has 30 nitrogen and oxygen atoms in total. The predicted molar refractivity (Wildman–Crippen MR) is 401 cm³/mol. The van der Waals surface area contributed by atoms with Crippen LogP contribution in [0.15, 0.2) is 60.9 Å². The molecule has 101 heavy (non-hydrogen) atoms. The highest BCUT2D eigenvalue weighted by atomic mass is 16.2. The second-order valence-electron chi connectivity index (χ2n) is 27.5. The van der Waals surface area contributed by atoms with Gasteiger partial charge in [-0.1, -0.05) is 104 Å². The van der Waals surface area contributed by atoms with Crippen molar-refractivity contribution in [1.82, 2.24) is 95.0 Å². The maximum atomic E-state index is 13.5. The Labute approximate surface area is 598 Å². The number of nitrogens with two attached hydrogens (primary N) is 3. The van der Waals surface area contributed by atoms with Crippen LogP contribution < -0.4 is 102 Å². The summed E-state index contributed by atoms with van der Waals surface area (Å²) in [6.07, 6.45) is 12.8. The van der Waals surface area contributed by atoms with E-state index in [1.54, 1.807) is 6.92 Å². The molecular weight excluding hydrogens is 1290 g/mol. The third-order valence-electron chi connectivity index (χ3n) is 17.2. The second-order valence-corrected chi connectivity index (χ2v) is 27.5.